The van der Waals surface area contributed by atoms with Gasteiger partial charge in [-0.25, -0.2) is 4.39 Å². The number of hydrogen-bond donors (Lipinski definition) is 2. The van der Waals surface area contributed by atoms with Crippen LogP contribution in [0.5, 0.6) is 0 Å². The Balaban J connectivity index is 1.83. The Morgan fingerprint density at radius 1 is 1.29 bits per heavy atom. The van der Waals surface area contributed by atoms with Gasteiger partial charge in [0.25, 0.3) is 0 Å². The summed E-state index contributed by atoms with van der Waals surface area (Å²) in [6.45, 7) is 0.734. The predicted octanol–water partition coefficient (Wildman–Crippen LogP) is 3.41. The molecule has 0 bridgehead atoms. The Labute approximate surface area is 130 Å². The summed E-state index contributed by atoms with van der Waals surface area (Å²) in [7, 11) is 0. The van der Waals surface area contributed by atoms with Crippen LogP contribution in [0.2, 0.25) is 0 Å². The van der Waals surface area contributed by atoms with Gasteiger partial charge in [0.15, 0.2) is 0 Å². The molecule has 1 aliphatic heterocycles. The molecule has 2 N–H and O–H groups in total. The van der Waals surface area contributed by atoms with E-state index in [1.807, 2.05) is 24.3 Å². The van der Waals surface area contributed by atoms with Crippen LogP contribution in [0.15, 0.2) is 46.9 Å². The molecule has 1 unspecified atom stereocenters. The van der Waals surface area contributed by atoms with Crippen molar-refractivity contribution in [3.05, 3.63) is 63.9 Å². The summed E-state index contributed by atoms with van der Waals surface area (Å²) in [6.07, 6.45) is 0.895. The molecular weight excluding hydrogens is 335 g/mol. The van der Waals surface area contributed by atoms with Gasteiger partial charge < -0.3 is 10.6 Å². The van der Waals surface area contributed by atoms with E-state index >= 15 is 0 Å². The average molecular weight is 349 g/mol. The highest BCUT2D eigenvalue weighted by Crippen LogP contribution is 2.25. The minimum absolute atomic E-state index is 0.188. The summed E-state index contributed by atoms with van der Waals surface area (Å²) in [5.41, 5.74) is 2.31. The fraction of sp³-hybridized carbons (Fsp3) is 0.188. The Morgan fingerprint density at radius 2 is 2.10 bits per heavy atom. The third-order valence-electron chi connectivity index (χ3n) is 3.56. The standard InChI is InChI=1S/C16H14BrFN2O/c17-11-5-6-14(13(18)9-11)20-16(21)15-12-4-2-1-3-10(12)7-8-19-15/h1-6,9,15,19H,7-8H2,(H,20,21). The van der Waals surface area contributed by atoms with Crippen molar-refractivity contribution in [2.45, 2.75) is 12.5 Å². The monoisotopic (exact) mass is 348 g/mol. The first-order valence-electron chi connectivity index (χ1n) is 6.72. The SMILES string of the molecule is O=C(Nc1ccc(Br)cc1F)C1NCCc2ccccc21. The highest BCUT2D eigenvalue weighted by molar-refractivity contribution is 9.10. The van der Waals surface area contributed by atoms with Crippen molar-refractivity contribution >= 4 is 27.5 Å². The molecule has 1 amide bonds. The van der Waals surface area contributed by atoms with Crippen LogP contribution < -0.4 is 10.6 Å². The van der Waals surface area contributed by atoms with Gasteiger partial charge in [-0.3, -0.25) is 4.79 Å². The molecule has 0 fully saturated rings. The van der Waals surface area contributed by atoms with E-state index in [4.69, 9.17) is 0 Å². The first kappa shape index (κ1) is 14.2. The first-order valence-corrected chi connectivity index (χ1v) is 7.51. The van der Waals surface area contributed by atoms with Gasteiger partial charge in [-0.1, -0.05) is 40.2 Å². The fourth-order valence-electron chi connectivity index (χ4n) is 2.53. The van der Waals surface area contributed by atoms with Crippen LogP contribution in [0.4, 0.5) is 10.1 Å². The van der Waals surface area contributed by atoms with Gasteiger partial charge in [0.1, 0.15) is 11.9 Å². The summed E-state index contributed by atoms with van der Waals surface area (Å²) in [6, 6.07) is 12.0. The molecule has 1 heterocycles. The molecule has 0 saturated carbocycles. The summed E-state index contributed by atoms with van der Waals surface area (Å²) in [4.78, 5) is 12.4. The highest BCUT2D eigenvalue weighted by atomic mass is 79.9. The maximum atomic E-state index is 13.8. The van der Waals surface area contributed by atoms with Gasteiger partial charge in [-0.2, -0.15) is 0 Å². The van der Waals surface area contributed by atoms with Crippen molar-refractivity contribution in [1.29, 1.82) is 0 Å². The van der Waals surface area contributed by atoms with Crippen molar-refractivity contribution in [3.8, 4) is 0 Å². The third-order valence-corrected chi connectivity index (χ3v) is 4.05. The molecule has 5 heteroatoms. The minimum atomic E-state index is -0.457. The van der Waals surface area contributed by atoms with Crippen LogP contribution >= 0.6 is 15.9 Å². The van der Waals surface area contributed by atoms with Crippen LogP contribution in [0.1, 0.15) is 17.2 Å². The third kappa shape index (κ3) is 2.99. The average Bonchev–Trinajstić information content (AvgIpc) is 2.49. The largest absolute Gasteiger partial charge is 0.322 e. The van der Waals surface area contributed by atoms with E-state index in [2.05, 4.69) is 26.6 Å². The summed E-state index contributed by atoms with van der Waals surface area (Å²) in [5.74, 6) is -0.704. The van der Waals surface area contributed by atoms with Crippen molar-refractivity contribution in [1.82, 2.24) is 5.32 Å². The molecule has 3 rings (SSSR count). The number of nitrogens with one attached hydrogen (secondary N) is 2. The molecule has 2 aromatic rings. The molecule has 21 heavy (non-hydrogen) atoms. The van der Waals surface area contributed by atoms with E-state index in [0.717, 1.165) is 24.1 Å². The number of carbonyl (C=O) groups is 1. The number of carbonyl (C=O) groups excluding carboxylic acids is 1. The topological polar surface area (TPSA) is 41.1 Å². The Bertz CT molecular complexity index is 690. The molecule has 0 spiro atoms. The van der Waals surface area contributed by atoms with E-state index in [-0.39, 0.29) is 11.6 Å². The number of anilines is 1. The number of rotatable bonds is 2. The lowest BCUT2D eigenvalue weighted by molar-refractivity contribution is -0.118. The minimum Gasteiger partial charge on any atom is -0.322 e. The van der Waals surface area contributed by atoms with Gasteiger partial charge >= 0.3 is 0 Å². The van der Waals surface area contributed by atoms with Gasteiger partial charge in [0.05, 0.1) is 5.69 Å². The number of halogens is 2. The maximum Gasteiger partial charge on any atom is 0.246 e. The number of benzene rings is 2. The second-order valence-corrected chi connectivity index (χ2v) is 5.87. The van der Waals surface area contributed by atoms with E-state index in [9.17, 15) is 9.18 Å². The van der Waals surface area contributed by atoms with Crippen molar-refractivity contribution in [2.24, 2.45) is 0 Å². The Kier molecular flexibility index (Phi) is 4.03. The molecular formula is C16H14BrFN2O. The summed E-state index contributed by atoms with van der Waals surface area (Å²) in [5, 5.41) is 5.83. The Hall–Kier alpha value is -1.72. The highest BCUT2D eigenvalue weighted by Gasteiger charge is 2.26. The van der Waals surface area contributed by atoms with E-state index in [1.54, 1.807) is 12.1 Å². The summed E-state index contributed by atoms with van der Waals surface area (Å²) < 4.78 is 14.4. The molecule has 1 atom stereocenters. The van der Waals surface area contributed by atoms with Gasteiger partial charge in [-0.05, 0) is 35.7 Å². The van der Waals surface area contributed by atoms with Gasteiger partial charge in [0, 0.05) is 11.0 Å². The van der Waals surface area contributed by atoms with Crippen molar-refractivity contribution < 1.29 is 9.18 Å². The van der Waals surface area contributed by atoms with Crippen molar-refractivity contribution in [3.63, 3.8) is 0 Å². The van der Waals surface area contributed by atoms with Crippen LogP contribution in [0.3, 0.4) is 0 Å². The van der Waals surface area contributed by atoms with Gasteiger partial charge in [0.2, 0.25) is 5.91 Å². The number of amides is 1. The van der Waals surface area contributed by atoms with Crippen LogP contribution in [-0.2, 0) is 11.2 Å². The lowest BCUT2D eigenvalue weighted by Crippen LogP contribution is -2.38. The van der Waals surface area contributed by atoms with E-state index in [1.165, 1.54) is 6.07 Å². The van der Waals surface area contributed by atoms with Gasteiger partial charge in [-0.15, -0.1) is 0 Å². The lowest BCUT2D eigenvalue weighted by Gasteiger charge is -2.26. The molecule has 2 aromatic carbocycles. The molecule has 108 valence electrons. The second-order valence-electron chi connectivity index (χ2n) is 4.95. The molecule has 3 nitrogen and oxygen atoms in total. The number of fused-ring (bicyclic) bond motifs is 1. The molecule has 0 saturated heterocycles. The molecule has 1 aliphatic rings. The lowest BCUT2D eigenvalue weighted by atomic mass is 9.94. The molecule has 0 aliphatic carbocycles. The summed E-state index contributed by atoms with van der Waals surface area (Å²) >= 11 is 3.20. The van der Waals surface area contributed by atoms with E-state index in [0.29, 0.717) is 4.47 Å². The van der Waals surface area contributed by atoms with Crippen molar-refractivity contribution in [2.75, 3.05) is 11.9 Å². The second kappa shape index (κ2) is 5.95. The van der Waals surface area contributed by atoms with Crippen LogP contribution in [0, 0.1) is 5.82 Å². The smallest absolute Gasteiger partial charge is 0.246 e. The van der Waals surface area contributed by atoms with Crippen LogP contribution in [-0.4, -0.2) is 12.5 Å². The normalized spacial score (nSPS) is 17.1. The Morgan fingerprint density at radius 3 is 2.90 bits per heavy atom. The van der Waals surface area contributed by atoms with Crippen LogP contribution in [0.25, 0.3) is 0 Å². The predicted molar refractivity (Wildman–Crippen MR) is 83.6 cm³/mol. The molecule has 0 radical (unpaired) electrons. The zero-order valence-electron chi connectivity index (χ0n) is 11.2. The molecule has 0 aromatic heterocycles. The quantitative estimate of drug-likeness (QED) is 0.873. The number of hydrogen-bond acceptors (Lipinski definition) is 2. The van der Waals surface area contributed by atoms with E-state index < -0.39 is 11.9 Å². The first-order chi connectivity index (χ1) is 10.1. The fourth-order valence-corrected chi connectivity index (χ4v) is 2.87. The zero-order valence-corrected chi connectivity index (χ0v) is 12.8. The maximum absolute atomic E-state index is 13.8. The zero-order chi connectivity index (χ0) is 14.8.